The Kier molecular flexibility index (Phi) is 4.12. The molecule has 1 aromatic rings. The first kappa shape index (κ1) is 14.2. The van der Waals surface area contributed by atoms with Crippen LogP contribution >= 0.6 is 0 Å². The Hall–Kier alpha value is -2.24. The first-order valence-electron chi connectivity index (χ1n) is 6.46. The molecule has 2 N–H and O–H groups in total. The predicted molar refractivity (Wildman–Crippen MR) is 73.6 cm³/mol. The summed E-state index contributed by atoms with van der Waals surface area (Å²) in [5.74, 6) is 0.958. The van der Waals surface area contributed by atoms with Crippen molar-refractivity contribution in [2.75, 3.05) is 6.61 Å². The molecule has 0 aliphatic carbocycles. The summed E-state index contributed by atoms with van der Waals surface area (Å²) in [4.78, 5) is 11.8. The molecule has 108 valence electrons. The van der Waals surface area contributed by atoms with Gasteiger partial charge < -0.3 is 20.0 Å². The Morgan fingerprint density at radius 2 is 2.20 bits per heavy atom. The van der Waals surface area contributed by atoms with Gasteiger partial charge in [-0.1, -0.05) is 5.16 Å². The van der Waals surface area contributed by atoms with Crippen molar-refractivity contribution in [1.29, 1.82) is 0 Å². The fourth-order valence-electron chi connectivity index (χ4n) is 1.90. The fraction of sp³-hybridized carbons (Fsp3) is 0.429. The predicted octanol–water partition coefficient (Wildman–Crippen LogP) is 1.55. The fourth-order valence-corrected chi connectivity index (χ4v) is 1.90. The molecule has 0 saturated carbocycles. The molecule has 1 aromatic carbocycles. The van der Waals surface area contributed by atoms with Gasteiger partial charge in [-0.15, -0.1) is 0 Å². The van der Waals surface area contributed by atoms with Crippen LogP contribution in [0.5, 0.6) is 11.5 Å². The third-order valence-corrected chi connectivity index (χ3v) is 2.86. The highest BCUT2D eigenvalue weighted by molar-refractivity contribution is 6.06. The van der Waals surface area contributed by atoms with Crippen LogP contribution in [-0.4, -0.2) is 35.6 Å². The molecule has 1 aliphatic rings. The smallest absolute Gasteiger partial charge is 0.260 e. The summed E-state index contributed by atoms with van der Waals surface area (Å²) in [5.41, 5.74) is 1.22. The quantitative estimate of drug-likeness (QED) is 0.647. The minimum Gasteiger partial charge on any atom is -0.486 e. The zero-order chi connectivity index (χ0) is 14.7. The number of nitrogens with zero attached hydrogens (tertiary/aromatic N) is 1. The van der Waals surface area contributed by atoms with Gasteiger partial charge in [-0.2, -0.15) is 0 Å². The number of amides is 1. The topological polar surface area (TPSA) is 80.2 Å². The van der Waals surface area contributed by atoms with Gasteiger partial charge in [0.25, 0.3) is 5.91 Å². The molecule has 0 radical (unpaired) electrons. The van der Waals surface area contributed by atoms with E-state index < -0.39 is 6.10 Å². The van der Waals surface area contributed by atoms with Gasteiger partial charge in [0, 0.05) is 17.7 Å². The van der Waals surface area contributed by atoms with Crippen molar-refractivity contribution in [3.05, 3.63) is 23.8 Å². The molecule has 0 saturated heterocycles. The van der Waals surface area contributed by atoms with Crippen LogP contribution in [0.25, 0.3) is 0 Å². The number of benzene rings is 1. The van der Waals surface area contributed by atoms with E-state index in [9.17, 15) is 4.79 Å². The number of nitrogens with one attached hydrogen (secondary N) is 1. The van der Waals surface area contributed by atoms with Gasteiger partial charge in [-0.05, 0) is 32.9 Å². The van der Waals surface area contributed by atoms with E-state index in [2.05, 4.69) is 10.5 Å². The molecular formula is C14H18N2O4. The van der Waals surface area contributed by atoms with E-state index in [1.54, 1.807) is 25.1 Å². The lowest BCUT2D eigenvalue weighted by Crippen LogP contribution is -2.40. The molecule has 0 spiro atoms. The largest absolute Gasteiger partial charge is 0.486 e. The zero-order valence-electron chi connectivity index (χ0n) is 11.7. The van der Waals surface area contributed by atoms with Crippen LogP contribution < -0.4 is 14.8 Å². The Balaban J connectivity index is 2.06. The second kappa shape index (κ2) is 5.81. The maximum absolute atomic E-state index is 11.8. The summed E-state index contributed by atoms with van der Waals surface area (Å²) in [5, 5.41) is 14.8. The van der Waals surface area contributed by atoms with E-state index in [1.807, 2.05) is 13.8 Å². The summed E-state index contributed by atoms with van der Waals surface area (Å²) in [7, 11) is 0. The van der Waals surface area contributed by atoms with Crippen molar-refractivity contribution in [3.63, 3.8) is 0 Å². The lowest BCUT2D eigenvalue weighted by atomic mass is 10.1. The number of fused-ring (bicyclic) bond motifs is 1. The Bertz CT molecular complexity index is 540. The van der Waals surface area contributed by atoms with Gasteiger partial charge in [-0.3, -0.25) is 4.79 Å². The van der Waals surface area contributed by atoms with Crippen molar-refractivity contribution in [3.8, 4) is 11.5 Å². The van der Waals surface area contributed by atoms with Crippen LogP contribution in [0.1, 0.15) is 26.3 Å². The molecule has 1 aliphatic heterocycles. The molecule has 1 atom stereocenters. The minimum atomic E-state index is -0.595. The molecule has 0 aromatic heterocycles. The van der Waals surface area contributed by atoms with E-state index in [0.29, 0.717) is 17.2 Å². The van der Waals surface area contributed by atoms with Crippen LogP contribution in [0.2, 0.25) is 0 Å². The zero-order valence-corrected chi connectivity index (χ0v) is 11.7. The van der Waals surface area contributed by atoms with Crippen molar-refractivity contribution in [2.45, 2.75) is 32.9 Å². The van der Waals surface area contributed by atoms with E-state index in [4.69, 9.17) is 14.7 Å². The Morgan fingerprint density at radius 1 is 1.45 bits per heavy atom. The van der Waals surface area contributed by atoms with Gasteiger partial charge >= 0.3 is 0 Å². The van der Waals surface area contributed by atoms with Crippen LogP contribution in [0.4, 0.5) is 0 Å². The summed E-state index contributed by atoms with van der Waals surface area (Å²) in [6.45, 7) is 5.71. The Morgan fingerprint density at radius 3 is 2.85 bits per heavy atom. The lowest BCUT2D eigenvalue weighted by Gasteiger charge is -2.16. The first-order chi connectivity index (χ1) is 9.51. The minimum absolute atomic E-state index is 0.0697. The second-order valence-corrected chi connectivity index (χ2v) is 4.92. The maximum Gasteiger partial charge on any atom is 0.260 e. The highest BCUT2D eigenvalue weighted by Gasteiger charge is 2.22. The van der Waals surface area contributed by atoms with Gasteiger partial charge in [0.2, 0.25) is 0 Å². The van der Waals surface area contributed by atoms with E-state index in [0.717, 1.165) is 5.56 Å². The van der Waals surface area contributed by atoms with Gasteiger partial charge in [-0.25, -0.2) is 0 Å². The number of hydrogen-bond donors (Lipinski definition) is 2. The lowest BCUT2D eigenvalue weighted by molar-refractivity contribution is -0.127. The summed E-state index contributed by atoms with van der Waals surface area (Å²) in [6.07, 6.45) is -0.595. The van der Waals surface area contributed by atoms with Gasteiger partial charge in [0.05, 0.1) is 0 Å². The first-order valence-corrected chi connectivity index (χ1v) is 6.46. The van der Waals surface area contributed by atoms with Crippen molar-refractivity contribution >= 4 is 11.6 Å². The normalized spacial score (nSPS) is 16.7. The maximum atomic E-state index is 11.8. The summed E-state index contributed by atoms with van der Waals surface area (Å²) < 4.78 is 11.0. The SMILES string of the molecule is CC(C)NC(=O)C(C)Oc1ccc2c(c1)OCC2=NO. The third-order valence-electron chi connectivity index (χ3n) is 2.86. The number of ether oxygens (including phenoxy) is 2. The van der Waals surface area contributed by atoms with E-state index in [-0.39, 0.29) is 18.6 Å². The van der Waals surface area contributed by atoms with Gasteiger partial charge in [0.15, 0.2) is 6.10 Å². The molecular weight excluding hydrogens is 260 g/mol. The van der Waals surface area contributed by atoms with E-state index >= 15 is 0 Å². The van der Waals surface area contributed by atoms with Crippen LogP contribution in [0.15, 0.2) is 23.4 Å². The molecule has 20 heavy (non-hydrogen) atoms. The highest BCUT2D eigenvalue weighted by Crippen LogP contribution is 2.30. The standard InChI is InChI=1S/C14H18N2O4/c1-8(2)15-14(17)9(3)20-10-4-5-11-12(16-18)7-19-13(11)6-10/h4-6,8-9,18H,7H2,1-3H3,(H,15,17). The molecule has 1 unspecified atom stereocenters. The number of oxime groups is 1. The monoisotopic (exact) mass is 278 g/mol. The van der Waals surface area contributed by atoms with Crippen LogP contribution in [-0.2, 0) is 4.79 Å². The third kappa shape index (κ3) is 3.01. The van der Waals surface area contributed by atoms with Crippen molar-refractivity contribution < 1.29 is 19.5 Å². The van der Waals surface area contributed by atoms with Crippen molar-refractivity contribution in [2.24, 2.45) is 5.16 Å². The van der Waals surface area contributed by atoms with Crippen molar-refractivity contribution in [1.82, 2.24) is 5.32 Å². The Labute approximate surface area is 117 Å². The molecule has 6 heteroatoms. The molecule has 1 heterocycles. The number of carbonyl (C=O) groups is 1. The molecule has 0 fully saturated rings. The molecule has 1 amide bonds. The highest BCUT2D eigenvalue weighted by atomic mass is 16.5. The number of rotatable bonds is 4. The summed E-state index contributed by atoms with van der Waals surface area (Å²) >= 11 is 0. The number of carbonyl (C=O) groups excluding carboxylic acids is 1. The molecule has 0 bridgehead atoms. The van der Waals surface area contributed by atoms with Crippen LogP contribution in [0, 0.1) is 0 Å². The average Bonchev–Trinajstić information content (AvgIpc) is 2.80. The van der Waals surface area contributed by atoms with Crippen LogP contribution in [0.3, 0.4) is 0 Å². The number of hydrogen-bond acceptors (Lipinski definition) is 5. The second-order valence-electron chi connectivity index (χ2n) is 4.92. The average molecular weight is 278 g/mol. The summed E-state index contributed by atoms with van der Waals surface area (Å²) in [6, 6.07) is 5.23. The van der Waals surface area contributed by atoms with Gasteiger partial charge in [0.1, 0.15) is 23.8 Å². The molecule has 6 nitrogen and oxygen atoms in total. The molecule has 2 rings (SSSR count). The van der Waals surface area contributed by atoms with E-state index in [1.165, 1.54) is 0 Å².